The molecule has 2 N–H and O–H groups in total. The van der Waals surface area contributed by atoms with Crippen molar-refractivity contribution in [2.75, 3.05) is 11.9 Å². The summed E-state index contributed by atoms with van der Waals surface area (Å²) in [5.41, 5.74) is 1.59. The monoisotopic (exact) mass is 255 g/mol. The summed E-state index contributed by atoms with van der Waals surface area (Å²) in [4.78, 5) is 15.9. The van der Waals surface area contributed by atoms with Gasteiger partial charge in [-0.1, -0.05) is 24.0 Å². The van der Waals surface area contributed by atoms with E-state index in [9.17, 15) is 4.79 Å². The molecule has 0 bridgehead atoms. The highest BCUT2D eigenvalue weighted by molar-refractivity contribution is 6.03. The maximum Gasteiger partial charge on any atom is 0.275 e. The van der Waals surface area contributed by atoms with Crippen LogP contribution in [-0.4, -0.2) is 27.2 Å². The molecular formula is C14H13N3O2. The molecule has 2 aromatic rings. The van der Waals surface area contributed by atoms with Crippen molar-refractivity contribution >= 4 is 11.6 Å². The maximum absolute atomic E-state index is 12.0. The number of carbonyl (C=O) groups excluding carboxylic acids is 1. The zero-order chi connectivity index (χ0) is 13.7. The highest BCUT2D eigenvalue weighted by Gasteiger charge is 2.10. The number of hydrogen-bond acceptors (Lipinski definition) is 3. The first-order valence-corrected chi connectivity index (χ1v) is 5.69. The third kappa shape index (κ3) is 3.21. The molecule has 0 fully saturated rings. The Morgan fingerprint density at radius 3 is 2.95 bits per heavy atom. The van der Waals surface area contributed by atoms with Crippen molar-refractivity contribution in [1.82, 2.24) is 9.55 Å². The summed E-state index contributed by atoms with van der Waals surface area (Å²) in [5.74, 6) is 5.05. The Labute approximate surface area is 110 Å². The molecule has 0 saturated heterocycles. The van der Waals surface area contributed by atoms with E-state index in [0.29, 0.717) is 16.9 Å². The fourth-order valence-electron chi connectivity index (χ4n) is 1.55. The summed E-state index contributed by atoms with van der Waals surface area (Å²) in [6, 6.07) is 7.15. The Morgan fingerprint density at radius 1 is 1.47 bits per heavy atom. The second kappa shape index (κ2) is 5.85. The molecule has 2 rings (SSSR count). The minimum Gasteiger partial charge on any atom is -0.384 e. The van der Waals surface area contributed by atoms with E-state index in [0.717, 1.165) is 0 Å². The molecular weight excluding hydrogens is 242 g/mol. The lowest BCUT2D eigenvalue weighted by atomic mass is 10.2. The van der Waals surface area contributed by atoms with Crippen LogP contribution in [0.15, 0.2) is 36.8 Å². The second-order valence-corrected chi connectivity index (χ2v) is 3.88. The molecule has 5 heteroatoms. The summed E-state index contributed by atoms with van der Waals surface area (Å²) in [7, 11) is 1.80. The van der Waals surface area contributed by atoms with Crippen molar-refractivity contribution in [2.24, 2.45) is 7.05 Å². The molecule has 0 spiro atoms. The van der Waals surface area contributed by atoms with Crippen molar-refractivity contribution in [2.45, 2.75) is 0 Å². The zero-order valence-corrected chi connectivity index (χ0v) is 10.4. The van der Waals surface area contributed by atoms with Gasteiger partial charge < -0.3 is 15.0 Å². The highest BCUT2D eigenvalue weighted by atomic mass is 16.2. The number of hydrogen-bond donors (Lipinski definition) is 2. The molecule has 0 saturated carbocycles. The number of aromatic nitrogens is 2. The number of anilines is 1. The number of nitrogens with one attached hydrogen (secondary N) is 1. The van der Waals surface area contributed by atoms with Gasteiger partial charge in [0.2, 0.25) is 0 Å². The summed E-state index contributed by atoms with van der Waals surface area (Å²) in [6.45, 7) is -0.220. The van der Waals surface area contributed by atoms with E-state index in [1.807, 2.05) is 6.07 Å². The van der Waals surface area contributed by atoms with Gasteiger partial charge in [0, 0.05) is 18.8 Å². The standard InChI is InChI=1S/C14H13N3O2/c1-17-9-13(15-10-17)14(19)16-12-7-3-2-5-11(12)6-4-8-18/h2-3,5,7,9-10,18H,8H2,1H3,(H,16,19). The summed E-state index contributed by atoms with van der Waals surface area (Å²) in [6.07, 6.45) is 3.20. The minimum atomic E-state index is -0.293. The Morgan fingerprint density at radius 2 is 2.26 bits per heavy atom. The third-order valence-corrected chi connectivity index (χ3v) is 2.41. The highest BCUT2D eigenvalue weighted by Crippen LogP contribution is 2.14. The van der Waals surface area contributed by atoms with Gasteiger partial charge in [0.05, 0.1) is 12.0 Å². The third-order valence-electron chi connectivity index (χ3n) is 2.41. The first kappa shape index (κ1) is 12.9. The first-order valence-electron chi connectivity index (χ1n) is 5.69. The number of aliphatic hydroxyl groups is 1. The smallest absolute Gasteiger partial charge is 0.275 e. The molecule has 1 aromatic carbocycles. The predicted octanol–water partition coefficient (Wildman–Crippen LogP) is 1.02. The number of imidazole rings is 1. The zero-order valence-electron chi connectivity index (χ0n) is 10.4. The van der Waals surface area contributed by atoms with Crippen LogP contribution in [-0.2, 0) is 7.05 Å². The predicted molar refractivity (Wildman–Crippen MR) is 71.6 cm³/mol. The molecule has 0 atom stereocenters. The second-order valence-electron chi connectivity index (χ2n) is 3.88. The molecule has 96 valence electrons. The molecule has 0 radical (unpaired) electrons. The Kier molecular flexibility index (Phi) is 3.96. The molecule has 0 aliphatic rings. The van der Waals surface area contributed by atoms with Crippen LogP contribution >= 0.6 is 0 Å². The van der Waals surface area contributed by atoms with E-state index >= 15 is 0 Å². The van der Waals surface area contributed by atoms with Crippen LogP contribution in [0.25, 0.3) is 0 Å². The number of amides is 1. The fraction of sp³-hybridized carbons (Fsp3) is 0.143. The van der Waals surface area contributed by atoms with E-state index < -0.39 is 0 Å². The average molecular weight is 255 g/mol. The van der Waals surface area contributed by atoms with Crippen LogP contribution in [0.1, 0.15) is 16.1 Å². The number of benzene rings is 1. The lowest BCUT2D eigenvalue weighted by Crippen LogP contribution is -2.13. The summed E-state index contributed by atoms with van der Waals surface area (Å²) >= 11 is 0. The number of nitrogens with zero attached hydrogens (tertiary/aromatic N) is 2. The topological polar surface area (TPSA) is 67.2 Å². The number of aryl methyl sites for hydroxylation is 1. The quantitative estimate of drug-likeness (QED) is 0.787. The summed E-state index contributed by atoms with van der Waals surface area (Å²) in [5, 5.41) is 11.5. The Balaban J connectivity index is 2.21. The van der Waals surface area contributed by atoms with Gasteiger partial charge in [0.1, 0.15) is 12.3 Å². The van der Waals surface area contributed by atoms with Gasteiger partial charge in [0.15, 0.2) is 0 Å². The maximum atomic E-state index is 12.0. The molecule has 0 unspecified atom stereocenters. The molecule has 0 aliphatic heterocycles. The molecule has 1 heterocycles. The number of rotatable bonds is 2. The number of aliphatic hydroxyl groups excluding tert-OH is 1. The van der Waals surface area contributed by atoms with Crippen LogP contribution < -0.4 is 5.32 Å². The van der Waals surface area contributed by atoms with Crippen LogP contribution in [0.5, 0.6) is 0 Å². The molecule has 19 heavy (non-hydrogen) atoms. The van der Waals surface area contributed by atoms with E-state index in [2.05, 4.69) is 22.1 Å². The van der Waals surface area contributed by atoms with Gasteiger partial charge in [-0.3, -0.25) is 4.79 Å². The van der Waals surface area contributed by atoms with Crippen LogP contribution in [0.3, 0.4) is 0 Å². The van der Waals surface area contributed by atoms with Gasteiger partial charge in [0.25, 0.3) is 5.91 Å². The van der Waals surface area contributed by atoms with Gasteiger partial charge in [-0.05, 0) is 12.1 Å². The summed E-state index contributed by atoms with van der Waals surface area (Å²) < 4.78 is 1.70. The van der Waals surface area contributed by atoms with E-state index in [1.165, 1.54) is 0 Å². The minimum absolute atomic E-state index is 0.220. The number of carbonyl (C=O) groups is 1. The van der Waals surface area contributed by atoms with Crippen LogP contribution in [0.4, 0.5) is 5.69 Å². The van der Waals surface area contributed by atoms with Gasteiger partial charge in [-0.25, -0.2) is 4.98 Å². The lowest BCUT2D eigenvalue weighted by molar-refractivity contribution is 0.102. The largest absolute Gasteiger partial charge is 0.384 e. The first-order chi connectivity index (χ1) is 9.20. The Hall–Kier alpha value is -2.58. The van der Waals surface area contributed by atoms with E-state index in [-0.39, 0.29) is 12.5 Å². The molecule has 5 nitrogen and oxygen atoms in total. The molecule has 1 amide bonds. The van der Waals surface area contributed by atoms with Crippen molar-refractivity contribution in [3.8, 4) is 11.8 Å². The van der Waals surface area contributed by atoms with Crippen LogP contribution in [0, 0.1) is 11.8 Å². The van der Waals surface area contributed by atoms with Crippen molar-refractivity contribution in [3.05, 3.63) is 48.0 Å². The van der Waals surface area contributed by atoms with Gasteiger partial charge in [-0.15, -0.1) is 0 Å². The van der Waals surface area contributed by atoms with Crippen LogP contribution in [0.2, 0.25) is 0 Å². The SMILES string of the molecule is Cn1cnc(C(=O)Nc2ccccc2C#CCO)c1. The Bertz CT molecular complexity index is 650. The lowest BCUT2D eigenvalue weighted by Gasteiger charge is -2.05. The fourth-order valence-corrected chi connectivity index (χ4v) is 1.55. The molecule has 0 aliphatic carbocycles. The van der Waals surface area contributed by atoms with Gasteiger partial charge in [-0.2, -0.15) is 0 Å². The number of para-hydroxylation sites is 1. The average Bonchev–Trinajstić information content (AvgIpc) is 2.84. The normalized spacial score (nSPS) is 9.58. The van der Waals surface area contributed by atoms with E-state index in [1.54, 1.807) is 42.3 Å². The van der Waals surface area contributed by atoms with E-state index in [4.69, 9.17) is 5.11 Å². The van der Waals surface area contributed by atoms with Crippen molar-refractivity contribution < 1.29 is 9.90 Å². The van der Waals surface area contributed by atoms with Crippen molar-refractivity contribution in [1.29, 1.82) is 0 Å². The van der Waals surface area contributed by atoms with Gasteiger partial charge >= 0.3 is 0 Å². The van der Waals surface area contributed by atoms with Crippen molar-refractivity contribution in [3.63, 3.8) is 0 Å². The molecule has 1 aromatic heterocycles.